The predicted molar refractivity (Wildman–Crippen MR) is 118 cm³/mol. The summed E-state index contributed by atoms with van der Waals surface area (Å²) < 4.78 is 22.0. The molecule has 30 heavy (non-hydrogen) atoms. The second kappa shape index (κ2) is 14.5. The number of halogens is 1. The largest absolute Gasteiger partial charge is 2.00 e. The molecule has 0 spiro atoms. The maximum absolute atomic E-state index is 5.61. The van der Waals surface area contributed by atoms with Gasteiger partial charge in [-0.05, 0) is 32.2 Å². The van der Waals surface area contributed by atoms with E-state index < -0.39 is 0 Å². The molecule has 1 atom stereocenters. The zero-order valence-electron chi connectivity index (χ0n) is 18.1. The molecule has 0 radical (unpaired) electrons. The van der Waals surface area contributed by atoms with Crippen molar-refractivity contribution in [1.82, 2.24) is 5.32 Å². The first-order valence-corrected chi connectivity index (χ1v) is 9.11. The summed E-state index contributed by atoms with van der Waals surface area (Å²) >= 11 is 0. The van der Waals surface area contributed by atoms with Crippen LogP contribution in [0.3, 0.4) is 0 Å². The average Bonchev–Trinajstić information content (AvgIpc) is 2.74. The van der Waals surface area contributed by atoms with Gasteiger partial charge in [-0.3, -0.25) is 4.99 Å². The van der Waals surface area contributed by atoms with E-state index in [1.165, 1.54) is 0 Å². The Morgan fingerprint density at radius 2 is 1.43 bits per heavy atom. The van der Waals surface area contributed by atoms with Crippen molar-refractivity contribution in [3.63, 3.8) is 0 Å². The molecule has 8 heteroatoms. The van der Waals surface area contributed by atoms with Gasteiger partial charge in [0.25, 0.3) is 0 Å². The summed E-state index contributed by atoms with van der Waals surface area (Å²) in [7, 11) is 3.68. The van der Waals surface area contributed by atoms with Crippen molar-refractivity contribution in [2.45, 2.75) is 13.0 Å². The van der Waals surface area contributed by atoms with Crippen LogP contribution in [0.4, 0.5) is 0 Å². The van der Waals surface area contributed by atoms with Crippen LogP contribution in [0.25, 0.3) is 0 Å². The van der Waals surface area contributed by atoms with Crippen LogP contribution in [0.15, 0.2) is 41.4 Å². The number of hydrogen-bond acceptors (Lipinski definition) is 6. The van der Waals surface area contributed by atoms with Gasteiger partial charge in [0.2, 0.25) is 0 Å². The van der Waals surface area contributed by atoms with Gasteiger partial charge in [-0.1, -0.05) is 18.2 Å². The molecule has 0 fully saturated rings. The van der Waals surface area contributed by atoms with Crippen LogP contribution in [0.1, 0.15) is 24.1 Å². The second-order valence-corrected chi connectivity index (χ2v) is 6.14. The smallest absolute Gasteiger partial charge is 1.00 e. The number of benzene rings is 2. The number of ether oxygens (including phenoxy) is 4. The maximum Gasteiger partial charge on any atom is 2.00 e. The molecule has 0 aliphatic carbocycles. The zero-order valence-corrected chi connectivity index (χ0v) is 21.1. The molecule has 1 N–H and O–H groups in total. The molecular weight excluding hydrogens is 460 g/mol. The number of fused-ring (bicyclic) bond motifs is 2. The maximum atomic E-state index is 5.61. The normalized spacial score (nSPS) is 14.1. The molecule has 4 rings (SSSR count). The topological polar surface area (TPSA) is 61.3 Å². The van der Waals surface area contributed by atoms with E-state index in [1.54, 1.807) is 13.3 Å². The van der Waals surface area contributed by atoms with E-state index in [0.29, 0.717) is 26.4 Å². The molecule has 2 aromatic carbocycles. The number of para-hydroxylation sites is 2. The summed E-state index contributed by atoms with van der Waals surface area (Å²) in [6.07, 6.45) is 1.77. The summed E-state index contributed by atoms with van der Waals surface area (Å²) in [5.74, 6) is 3.36. The second-order valence-electron chi connectivity index (χ2n) is 6.14. The van der Waals surface area contributed by atoms with Gasteiger partial charge < -0.3 is 48.7 Å². The monoisotopic (exact) mass is 488 g/mol. The predicted octanol–water partition coefficient (Wildman–Crippen LogP) is 0.318. The Bertz CT molecular complexity index is 805. The third kappa shape index (κ3) is 7.04. The van der Waals surface area contributed by atoms with Gasteiger partial charge in [0.05, 0.1) is 0 Å². The molecule has 0 saturated carbocycles. The number of hydrogen-bond donors (Lipinski definition) is 1. The molecule has 160 valence electrons. The molecule has 1 unspecified atom stereocenters. The first-order valence-electron chi connectivity index (χ1n) is 9.11. The van der Waals surface area contributed by atoms with Crippen LogP contribution in [0.2, 0.25) is 0 Å². The standard InChI is InChI=1S/C11H15NO2.C10H11NO2.CH3.BrH.Mg/c1-8(12-2)9-4-3-5-10-11(9)14-7-6-13-10;1-11-7-8-3-2-4-9-10(8)13-6-5-12-9;;;/h3-5,8,12H,6-7H2,1-2H3;2-4,7H,5-6H2,1H3;1H3;1H;/q;;-1;;+2/p-1. The van der Waals surface area contributed by atoms with E-state index in [2.05, 4.69) is 23.3 Å². The Hall–Kier alpha value is -1.48. The van der Waals surface area contributed by atoms with Gasteiger partial charge in [0, 0.05) is 30.4 Å². The third-order valence-corrected chi connectivity index (χ3v) is 4.36. The van der Waals surface area contributed by atoms with Gasteiger partial charge in [0.15, 0.2) is 23.0 Å². The van der Waals surface area contributed by atoms with E-state index in [9.17, 15) is 0 Å². The summed E-state index contributed by atoms with van der Waals surface area (Å²) in [5.41, 5.74) is 2.13. The van der Waals surface area contributed by atoms with Crippen LogP contribution < -0.4 is 41.2 Å². The number of rotatable bonds is 3. The van der Waals surface area contributed by atoms with Crippen molar-refractivity contribution < 1.29 is 35.9 Å². The number of nitrogens with one attached hydrogen (secondary N) is 1. The quantitative estimate of drug-likeness (QED) is 0.382. The summed E-state index contributed by atoms with van der Waals surface area (Å²) in [6, 6.07) is 12.1. The minimum absolute atomic E-state index is 0. The van der Waals surface area contributed by atoms with Gasteiger partial charge >= 0.3 is 23.1 Å². The van der Waals surface area contributed by atoms with Crippen molar-refractivity contribution in [2.24, 2.45) is 4.99 Å². The van der Waals surface area contributed by atoms with E-state index >= 15 is 0 Å². The van der Waals surface area contributed by atoms with Crippen molar-refractivity contribution >= 4 is 29.3 Å². The van der Waals surface area contributed by atoms with Crippen LogP contribution in [0, 0.1) is 7.43 Å². The van der Waals surface area contributed by atoms with E-state index in [0.717, 1.165) is 34.1 Å². The Kier molecular flexibility index (Phi) is 13.8. The van der Waals surface area contributed by atoms with E-state index in [4.69, 9.17) is 18.9 Å². The molecule has 0 aromatic heterocycles. The fourth-order valence-corrected chi connectivity index (χ4v) is 2.93. The Morgan fingerprint density at radius 1 is 0.900 bits per heavy atom. The van der Waals surface area contributed by atoms with Crippen molar-refractivity contribution in [3.05, 3.63) is 55.0 Å². The Morgan fingerprint density at radius 3 is 2.03 bits per heavy atom. The van der Waals surface area contributed by atoms with Crippen LogP contribution in [-0.4, -0.2) is 69.8 Å². The molecule has 0 amide bonds. The number of aliphatic imine (C=N–C) groups is 1. The van der Waals surface area contributed by atoms with Gasteiger partial charge in [0.1, 0.15) is 26.4 Å². The zero-order chi connectivity index (χ0) is 19.1. The Labute approximate surface area is 206 Å². The van der Waals surface area contributed by atoms with Crippen molar-refractivity contribution in [1.29, 1.82) is 0 Å². The van der Waals surface area contributed by atoms with E-state index in [1.807, 2.05) is 37.4 Å². The van der Waals surface area contributed by atoms with Crippen molar-refractivity contribution in [2.75, 3.05) is 40.5 Å². The molecule has 2 heterocycles. The number of nitrogens with zero attached hydrogens (tertiary/aromatic N) is 1. The molecule has 6 nitrogen and oxygen atoms in total. The minimum atomic E-state index is 0. The molecule has 2 aliphatic heterocycles. The van der Waals surface area contributed by atoms with Crippen LogP contribution >= 0.6 is 0 Å². The Balaban J connectivity index is 0.000000511. The molecule has 0 bridgehead atoms. The molecule has 2 aliphatic rings. The van der Waals surface area contributed by atoms with Crippen LogP contribution in [-0.2, 0) is 0 Å². The molecule has 2 aromatic rings. The SMILES string of the molecule is CN=Cc1cccc2c1OCCO2.CNC(C)c1cccc2c1OCCO2.[Br-].[CH3-].[Mg+2]. The van der Waals surface area contributed by atoms with E-state index in [-0.39, 0.29) is 53.5 Å². The molecular formula is C22H29BrMgN2O4. The third-order valence-electron chi connectivity index (χ3n) is 4.36. The summed E-state index contributed by atoms with van der Waals surface area (Å²) in [5, 5.41) is 3.20. The van der Waals surface area contributed by atoms with Gasteiger partial charge in [-0.25, -0.2) is 0 Å². The summed E-state index contributed by atoms with van der Waals surface area (Å²) in [6.45, 7) is 4.62. The van der Waals surface area contributed by atoms with Crippen LogP contribution in [0.5, 0.6) is 23.0 Å². The first-order chi connectivity index (χ1) is 13.2. The average molecular weight is 490 g/mol. The minimum Gasteiger partial charge on any atom is -1.00 e. The molecule has 0 saturated heterocycles. The van der Waals surface area contributed by atoms with Gasteiger partial charge in [-0.15, -0.1) is 0 Å². The summed E-state index contributed by atoms with van der Waals surface area (Å²) in [4.78, 5) is 3.95. The first kappa shape index (κ1) is 28.5. The van der Waals surface area contributed by atoms with Gasteiger partial charge in [-0.2, -0.15) is 0 Å². The van der Waals surface area contributed by atoms with Crippen molar-refractivity contribution in [3.8, 4) is 23.0 Å². The fourth-order valence-electron chi connectivity index (χ4n) is 2.93. The fraction of sp³-hybridized carbons (Fsp3) is 0.364.